The Kier molecular flexibility index (Phi) is 8.90. The van der Waals surface area contributed by atoms with Crippen LogP contribution in [-0.2, 0) is 22.6 Å². The van der Waals surface area contributed by atoms with Gasteiger partial charge in [0.2, 0.25) is 11.8 Å². The number of benzene rings is 2. The number of nitrogens with one attached hydrogen (secondary N) is 1. The molecule has 170 valence electrons. The Hall–Kier alpha value is -3.08. The van der Waals surface area contributed by atoms with Gasteiger partial charge in [-0.15, -0.1) is 0 Å². The number of para-hydroxylation sites is 1. The van der Waals surface area contributed by atoms with Crippen molar-refractivity contribution in [3.05, 3.63) is 71.9 Å². The van der Waals surface area contributed by atoms with Gasteiger partial charge in [0.1, 0.15) is 0 Å². The number of unbranched alkanes of at least 4 members (excludes halogenated alkanes) is 1. The van der Waals surface area contributed by atoms with E-state index in [1.165, 1.54) is 10.9 Å². The number of fused-ring (bicyclic) bond motifs is 1. The number of hydrogen-bond donors (Lipinski definition) is 1. The topological polar surface area (TPSA) is 56.4 Å². The van der Waals surface area contributed by atoms with Crippen molar-refractivity contribution in [1.82, 2.24) is 14.8 Å². The lowest BCUT2D eigenvalue weighted by Gasteiger charge is -2.28. The van der Waals surface area contributed by atoms with E-state index in [1.807, 2.05) is 60.5 Å². The number of aromatic amines is 1. The van der Waals surface area contributed by atoms with Gasteiger partial charge < -0.3 is 14.8 Å². The van der Waals surface area contributed by atoms with Crippen LogP contribution in [0.5, 0.6) is 0 Å². The van der Waals surface area contributed by atoms with Crippen LogP contribution < -0.4 is 0 Å². The van der Waals surface area contributed by atoms with E-state index in [4.69, 9.17) is 0 Å². The quantitative estimate of drug-likeness (QED) is 0.428. The van der Waals surface area contributed by atoms with Gasteiger partial charge in [0.05, 0.1) is 6.54 Å². The minimum absolute atomic E-state index is 0.00647. The van der Waals surface area contributed by atoms with E-state index in [2.05, 4.69) is 24.0 Å². The zero-order valence-electron chi connectivity index (χ0n) is 19.3. The Morgan fingerprint density at radius 2 is 1.59 bits per heavy atom. The summed E-state index contributed by atoms with van der Waals surface area (Å²) in [5.41, 5.74) is 3.41. The maximum absolute atomic E-state index is 13.4. The molecule has 0 unspecified atom stereocenters. The zero-order chi connectivity index (χ0) is 22.8. The van der Waals surface area contributed by atoms with Crippen molar-refractivity contribution in [2.75, 3.05) is 19.6 Å². The van der Waals surface area contributed by atoms with Crippen LogP contribution in [0.25, 0.3) is 10.9 Å². The molecule has 0 saturated carbocycles. The number of carbonyl (C=O) groups excluding carboxylic acids is 2. The lowest BCUT2D eigenvalue weighted by molar-refractivity contribution is -0.141. The summed E-state index contributed by atoms with van der Waals surface area (Å²) in [5, 5.41) is 1.20. The predicted octanol–water partition coefficient (Wildman–Crippen LogP) is 5.17. The number of rotatable bonds is 12. The largest absolute Gasteiger partial charge is 0.361 e. The van der Waals surface area contributed by atoms with Gasteiger partial charge in [0.25, 0.3) is 0 Å². The first-order valence-electron chi connectivity index (χ1n) is 11.8. The third kappa shape index (κ3) is 6.46. The molecule has 0 bridgehead atoms. The first-order chi connectivity index (χ1) is 15.6. The SMILES string of the molecule is CCCCC(=O)N(CCC)CC(=O)N(CCc1c[nH]c2ccccc12)Cc1ccccc1. The summed E-state index contributed by atoms with van der Waals surface area (Å²) in [6.45, 7) is 6.05. The third-order valence-electron chi connectivity index (χ3n) is 5.81. The molecule has 2 amide bonds. The molecule has 5 nitrogen and oxygen atoms in total. The summed E-state index contributed by atoms with van der Waals surface area (Å²) >= 11 is 0. The molecule has 1 heterocycles. The van der Waals surface area contributed by atoms with Crippen molar-refractivity contribution in [2.24, 2.45) is 0 Å². The normalized spacial score (nSPS) is 10.9. The van der Waals surface area contributed by atoms with Gasteiger partial charge in [-0.25, -0.2) is 0 Å². The number of hydrogen-bond acceptors (Lipinski definition) is 2. The molecule has 5 heteroatoms. The van der Waals surface area contributed by atoms with Crippen molar-refractivity contribution in [3.8, 4) is 0 Å². The molecule has 3 rings (SSSR count). The Morgan fingerprint density at radius 1 is 0.844 bits per heavy atom. The lowest BCUT2D eigenvalue weighted by atomic mass is 10.1. The second kappa shape index (κ2) is 12.1. The minimum Gasteiger partial charge on any atom is -0.361 e. The molecule has 2 aromatic carbocycles. The van der Waals surface area contributed by atoms with E-state index in [9.17, 15) is 9.59 Å². The summed E-state index contributed by atoms with van der Waals surface area (Å²) in [5.74, 6) is 0.0883. The molecular formula is C27H35N3O2. The number of H-pyrrole nitrogens is 1. The highest BCUT2D eigenvalue weighted by atomic mass is 16.2. The van der Waals surface area contributed by atoms with Gasteiger partial charge in [-0.3, -0.25) is 9.59 Å². The van der Waals surface area contributed by atoms with Gasteiger partial charge in [0, 0.05) is 43.2 Å². The fraction of sp³-hybridized carbons (Fsp3) is 0.407. The second-order valence-electron chi connectivity index (χ2n) is 8.33. The van der Waals surface area contributed by atoms with Crippen molar-refractivity contribution in [2.45, 2.75) is 52.5 Å². The molecule has 0 aliphatic rings. The Bertz CT molecular complexity index is 996. The highest BCUT2D eigenvalue weighted by Crippen LogP contribution is 2.19. The molecule has 0 fully saturated rings. The first kappa shape index (κ1) is 23.6. The van der Waals surface area contributed by atoms with Crippen LogP contribution in [0.4, 0.5) is 0 Å². The van der Waals surface area contributed by atoms with Crippen LogP contribution in [0.3, 0.4) is 0 Å². The summed E-state index contributed by atoms with van der Waals surface area (Å²) in [6.07, 6.45) is 6.00. The van der Waals surface area contributed by atoms with E-state index in [-0.39, 0.29) is 18.4 Å². The van der Waals surface area contributed by atoms with Gasteiger partial charge >= 0.3 is 0 Å². The smallest absolute Gasteiger partial charge is 0.242 e. The van der Waals surface area contributed by atoms with Gasteiger partial charge in [0.15, 0.2) is 0 Å². The summed E-state index contributed by atoms with van der Waals surface area (Å²) < 4.78 is 0. The fourth-order valence-electron chi connectivity index (χ4n) is 4.00. The maximum atomic E-state index is 13.4. The lowest BCUT2D eigenvalue weighted by Crippen LogP contribution is -2.43. The van der Waals surface area contributed by atoms with Gasteiger partial charge in [-0.1, -0.05) is 68.8 Å². The molecule has 3 aromatic rings. The third-order valence-corrected chi connectivity index (χ3v) is 5.81. The Morgan fingerprint density at radius 3 is 2.34 bits per heavy atom. The van der Waals surface area contributed by atoms with E-state index in [0.29, 0.717) is 26.1 Å². The zero-order valence-corrected chi connectivity index (χ0v) is 19.3. The summed E-state index contributed by atoms with van der Waals surface area (Å²) in [4.78, 5) is 33.0. The van der Waals surface area contributed by atoms with E-state index >= 15 is 0 Å². The highest BCUT2D eigenvalue weighted by molar-refractivity contribution is 5.85. The molecule has 1 N–H and O–H groups in total. The summed E-state index contributed by atoms with van der Waals surface area (Å²) in [7, 11) is 0. The van der Waals surface area contributed by atoms with Crippen molar-refractivity contribution < 1.29 is 9.59 Å². The van der Waals surface area contributed by atoms with Gasteiger partial charge in [-0.2, -0.15) is 0 Å². The highest BCUT2D eigenvalue weighted by Gasteiger charge is 2.21. The maximum Gasteiger partial charge on any atom is 0.242 e. The molecule has 32 heavy (non-hydrogen) atoms. The van der Waals surface area contributed by atoms with Gasteiger partial charge in [-0.05, 0) is 36.5 Å². The van der Waals surface area contributed by atoms with Crippen molar-refractivity contribution in [1.29, 1.82) is 0 Å². The van der Waals surface area contributed by atoms with Crippen molar-refractivity contribution >= 4 is 22.7 Å². The van der Waals surface area contributed by atoms with Crippen LogP contribution >= 0.6 is 0 Å². The van der Waals surface area contributed by atoms with E-state index < -0.39 is 0 Å². The molecule has 0 atom stereocenters. The van der Waals surface area contributed by atoms with Crippen LogP contribution in [0.1, 0.15) is 50.7 Å². The standard InChI is InChI=1S/C27H35N3O2/c1-3-5-15-26(31)29(17-4-2)21-27(32)30(20-22-11-7-6-8-12-22)18-16-23-19-28-25-14-10-9-13-24(23)25/h6-14,19,28H,3-5,15-18,20-21H2,1-2H3. The molecule has 0 spiro atoms. The number of amides is 2. The Labute approximate surface area is 191 Å². The second-order valence-corrected chi connectivity index (χ2v) is 8.33. The minimum atomic E-state index is 0.00647. The molecule has 0 radical (unpaired) electrons. The van der Waals surface area contributed by atoms with E-state index in [1.54, 1.807) is 4.90 Å². The van der Waals surface area contributed by atoms with Crippen LogP contribution in [0.15, 0.2) is 60.8 Å². The van der Waals surface area contributed by atoms with Crippen LogP contribution in [0.2, 0.25) is 0 Å². The number of carbonyl (C=O) groups is 2. The molecular weight excluding hydrogens is 398 g/mol. The van der Waals surface area contributed by atoms with Crippen LogP contribution in [0, 0.1) is 0 Å². The summed E-state index contributed by atoms with van der Waals surface area (Å²) in [6, 6.07) is 18.3. The molecule has 0 aliphatic heterocycles. The fourth-order valence-corrected chi connectivity index (χ4v) is 4.00. The average Bonchev–Trinajstić information content (AvgIpc) is 3.23. The monoisotopic (exact) mass is 433 g/mol. The Balaban J connectivity index is 1.73. The van der Waals surface area contributed by atoms with E-state index in [0.717, 1.165) is 36.8 Å². The average molecular weight is 434 g/mol. The van der Waals surface area contributed by atoms with Crippen molar-refractivity contribution in [3.63, 3.8) is 0 Å². The predicted molar refractivity (Wildman–Crippen MR) is 130 cm³/mol. The number of aromatic nitrogens is 1. The van der Waals surface area contributed by atoms with Crippen LogP contribution in [-0.4, -0.2) is 46.2 Å². The molecule has 1 aromatic heterocycles. The molecule has 0 saturated heterocycles. The number of nitrogens with zero attached hydrogens (tertiary/aromatic N) is 2. The molecule has 0 aliphatic carbocycles. The first-order valence-corrected chi connectivity index (χ1v) is 11.8.